The minimum absolute atomic E-state index is 0.0352. The summed E-state index contributed by atoms with van der Waals surface area (Å²) in [5.41, 5.74) is 7.73. The lowest BCUT2D eigenvalue weighted by atomic mass is 9.80. The van der Waals surface area contributed by atoms with Crippen molar-refractivity contribution in [2.75, 3.05) is 24.3 Å². The molecule has 502 valence electrons. The maximum absolute atomic E-state index is 13.7. The molecule has 0 amide bonds. The van der Waals surface area contributed by atoms with Crippen molar-refractivity contribution >= 4 is 34.2 Å². The Labute approximate surface area is 543 Å². The van der Waals surface area contributed by atoms with Gasteiger partial charge in [0.25, 0.3) is 0 Å². The van der Waals surface area contributed by atoms with E-state index in [2.05, 4.69) is 52.0 Å². The number of nitriles is 2. The molecule has 2 aromatic heterocycles. The van der Waals surface area contributed by atoms with Gasteiger partial charge in [-0.25, -0.2) is 17.6 Å². The summed E-state index contributed by atoms with van der Waals surface area (Å²) >= 11 is 3.00. The van der Waals surface area contributed by atoms with Crippen LogP contribution in [-0.4, -0.2) is 86.8 Å². The Morgan fingerprint density at radius 1 is 0.479 bits per heavy atom. The number of H-pyrrole nitrogens is 1. The largest absolute Gasteiger partial charge is 0.488 e. The number of halogens is 17. The number of alkyl halides is 13. The molecule has 0 saturated heterocycles. The van der Waals surface area contributed by atoms with Crippen LogP contribution in [0.1, 0.15) is 66.8 Å². The Morgan fingerprint density at radius 2 is 0.844 bits per heavy atom. The summed E-state index contributed by atoms with van der Waals surface area (Å²) in [6, 6.07) is 37.2. The molecule has 0 fully saturated rings. The van der Waals surface area contributed by atoms with Crippen molar-refractivity contribution in [3.8, 4) is 34.9 Å². The van der Waals surface area contributed by atoms with Gasteiger partial charge < -0.3 is 26.0 Å². The van der Waals surface area contributed by atoms with E-state index < -0.39 is 77.3 Å². The molecule has 15 nitrogen and oxygen atoms in total. The molecule has 7 N–H and O–H groups in total. The van der Waals surface area contributed by atoms with Crippen molar-refractivity contribution in [3.05, 3.63) is 260 Å². The minimum atomic E-state index is -4.39. The SMILES string of the molecule is Fc1ccc(Cc2ccc(C(F)(F)F)cc2)c(-c2nn[nH]n2)c1.N#Cc1cc(F)ccc1Cc1ccc(C(F)(F)F)cc1.N#Cc1cc(F)ccc1N.OB(O)c1ccc(C(F)(F)F)cc1.OCCBr.OCCn1nnc(-c2cc(F)ccc2Cc2ccc(C(F)(F)F)cc2)n1. The number of aromatic nitrogens is 8. The second-order valence-electron chi connectivity index (χ2n) is 19.5. The van der Waals surface area contributed by atoms with E-state index in [-0.39, 0.29) is 60.8 Å². The molecule has 33 heteroatoms. The fraction of sp³-hybridized carbons (Fsp3) is 0.175. The number of nitrogen functional groups attached to an aromatic ring is 1. The van der Waals surface area contributed by atoms with Gasteiger partial charge in [0, 0.05) is 22.1 Å². The maximum atomic E-state index is 13.7. The zero-order valence-electron chi connectivity index (χ0n) is 49.0. The Balaban J connectivity index is 0.000000221. The van der Waals surface area contributed by atoms with E-state index >= 15 is 0 Å². The van der Waals surface area contributed by atoms with Gasteiger partial charge in [-0.2, -0.15) is 73.2 Å². The number of hydrogen-bond acceptors (Lipinski definition) is 13. The molecule has 0 aliphatic carbocycles. The van der Waals surface area contributed by atoms with Crippen LogP contribution < -0.4 is 11.2 Å². The fourth-order valence-electron chi connectivity index (χ4n) is 8.00. The van der Waals surface area contributed by atoms with Gasteiger partial charge in [0.15, 0.2) is 0 Å². The molecule has 0 spiro atoms. The van der Waals surface area contributed by atoms with Crippen LogP contribution in [0.15, 0.2) is 170 Å². The van der Waals surface area contributed by atoms with Crippen LogP contribution in [0.2, 0.25) is 0 Å². The van der Waals surface area contributed by atoms with Crippen molar-refractivity contribution in [1.29, 1.82) is 10.5 Å². The highest BCUT2D eigenvalue weighted by Gasteiger charge is 2.33. The van der Waals surface area contributed by atoms with Crippen LogP contribution in [-0.2, 0) is 50.5 Å². The van der Waals surface area contributed by atoms with Crippen LogP contribution in [0.5, 0.6) is 0 Å². The van der Waals surface area contributed by atoms with Gasteiger partial charge in [-0.1, -0.05) is 94.8 Å². The summed E-state index contributed by atoms with van der Waals surface area (Å²) in [5, 5.41) is 76.9. The average Bonchev–Trinajstić information content (AvgIpc) is 1.80. The third kappa shape index (κ3) is 24.4. The predicted octanol–water partition coefficient (Wildman–Crippen LogP) is 13.0. The number of hydrogen-bond donors (Lipinski definition) is 6. The number of aliphatic hydroxyl groups excluding tert-OH is 2. The van der Waals surface area contributed by atoms with Gasteiger partial charge in [0.2, 0.25) is 11.6 Å². The Kier molecular flexibility index (Phi) is 28.3. The van der Waals surface area contributed by atoms with E-state index in [1.165, 1.54) is 95.8 Å². The first-order chi connectivity index (χ1) is 45.3. The molecule has 0 aliphatic heterocycles. The molecule has 0 radical (unpaired) electrons. The molecule has 0 aliphatic rings. The van der Waals surface area contributed by atoms with Crippen LogP contribution in [0, 0.1) is 45.9 Å². The number of benzene rings is 8. The molecule has 10 rings (SSSR count). The monoisotopic (exact) mass is 1420 g/mol. The maximum Gasteiger partial charge on any atom is 0.488 e. The van der Waals surface area contributed by atoms with Gasteiger partial charge in [0.05, 0.1) is 59.2 Å². The summed E-state index contributed by atoms with van der Waals surface area (Å²) < 4.78 is 201. The number of anilines is 1. The lowest BCUT2D eigenvalue weighted by Crippen LogP contribution is -2.29. The molecular weight excluding hydrogens is 1370 g/mol. The Morgan fingerprint density at radius 3 is 1.20 bits per heavy atom. The summed E-state index contributed by atoms with van der Waals surface area (Å²) in [7, 11) is -1.73. The fourth-order valence-corrected chi connectivity index (χ4v) is 8.00. The first-order valence-electron chi connectivity index (χ1n) is 27.3. The van der Waals surface area contributed by atoms with Gasteiger partial charge in [-0.05, 0) is 160 Å². The zero-order chi connectivity index (χ0) is 71.0. The van der Waals surface area contributed by atoms with E-state index in [0.29, 0.717) is 61.9 Å². The number of rotatable bonds is 12. The van der Waals surface area contributed by atoms with Crippen LogP contribution in [0.3, 0.4) is 0 Å². The van der Waals surface area contributed by atoms with Gasteiger partial charge in [-0.15, -0.1) is 20.4 Å². The van der Waals surface area contributed by atoms with Crippen molar-refractivity contribution < 1.29 is 90.5 Å². The molecule has 0 atom stereocenters. The zero-order valence-corrected chi connectivity index (χ0v) is 50.6. The number of tetrazole rings is 2. The third-order valence-electron chi connectivity index (χ3n) is 12.7. The van der Waals surface area contributed by atoms with Gasteiger partial charge >= 0.3 is 31.8 Å². The summed E-state index contributed by atoms with van der Waals surface area (Å²) in [6.45, 7) is 0.216. The van der Waals surface area contributed by atoms with E-state index in [4.69, 9.17) is 36.5 Å². The molecule has 2 heterocycles. The lowest BCUT2D eigenvalue weighted by molar-refractivity contribution is -0.138. The number of aromatic amines is 1. The normalized spacial score (nSPS) is 11.1. The predicted molar refractivity (Wildman–Crippen MR) is 321 cm³/mol. The first-order valence-corrected chi connectivity index (χ1v) is 28.4. The summed E-state index contributed by atoms with van der Waals surface area (Å²) in [6.07, 6.45) is -16.6. The van der Waals surface area contributed by atoms with Crippen LogP contribution in [0.25, 0.3) is 22.8 Å². The summed E-state index contributed by atoms with van der Waals surface area (Å²) in [5.74, 6) is -1.50. The summed E-state index contributed by atoms with van der Waals surface area (Å²) in [4.78, 5) is 1.18. The van der Waals surface area contributed by atoms with E-state index in [1.807, 2.05) is 6.07 Å². The molecule has 0 bridgehead atoms. The first kappa shape index (κ1) is 76.7. The minimum Gasteiger partial charge on any atom is -0.423 e. The number of nitrogens with one attached hydrogen (secondary N) is 1. The second kappa shape index (κ2) is 35.4. The Hall–Kier alpha value is -10.1. The standard InChI is InChI=1S/C17H14F4N4O.C15H10F4N4.C15H9F4N.C7H6BF3O2.C7H5FN2.C2H5BrO/c18-14-6-3-12(9-11-1-4-13(5-2-11)17(19,20)21)15(10-14)16-22-24-25(23-16)7-8-26;16-12-6-3-10(13(8-12)14-20-22-23-21-14)7-9-1-4-11(5-2-9)15(17,18)19;16-14-6-3-11(12(8-14)9-20)7-10-1-4-13(5-2-10)15(17,18)19;9-7(10,11)5-1-3-6(4-2-5)8(12)13;8-6-1-2-7(10)5(3-6)4-9;3-1-2-4/h1-6,10,26H,7-9H2;1-6,8H,7H2,(H,20,21,22,23);1-6,8H,7H2;1-4,12-13H;1-3H,10H2;4H,1-2H2. The quantitative estimate of drug-likeness (QED) is 0.0288. The van der Waals surface area contributed by atoms with E-state index in [0.717, 1.165) is 72.8 Å². The highest BCUT2D eigenvalue weighted by atomic mass is 79.9. The molecule has 8 aromatic carbocycles. The number of nitrogens with two attached hydrogens (primary N) is 1. The smallest absolute Gasteiger partial charge is 0.423 e. The van der Waals surface area contributed by atoms with Crippen LogP contribution in [0.4, 0.5) is 75.9 Å². The van der Waals surface area contributed by atoms with Crippen molar-refractivity contribution in [2.24, 2.45) is 0 Å². The lowest BCUT2D eigenvalue weighted by Gasteiger charge is -2.09. The molecule has 0 unspecified atom stereocenters. The van der Waals surface area contributed by atoms with Crippen molar-refractivity contribution in [1.82, 2.24) is 40.8 Å². The van der Waals surface area contributed by atoms with Gasteiger partial charge in [-0.3, -0.25) is 0 Å². The van der Waals surface area contributed by atoms with Gasteiger partial charge in [0.1, 0.15) is 29.3 Å². The molecule has 96 heavy (non-hydrogen) atoms. The molecule has 10 aromatic rings. The van der Waals surface area contributed by atoms with Crippen molar-refractivity contribution in [2.45, 2.75) is 50.5 Å². The average molecular weight is 1420 g/mol. The highest BCUT2D eigenvalue weighted by molar-refractivity contribution is 9.09. The molecular formula is C63H49BBrF16N11O4. The van der Waals surface area contributed by atoms with Crippen molar-refractivity contribution in [3.63, 3.8) is 0 Å². The van der Waals surface area contributed by atoms with E-state index in [1.54, 1.807) is 12.1 Å². The second-order valence-corrected chi connectivity index (χ2v) is 20.3. The molecule has 0 saturated carbocycles. The number of nitrogens with zero attached hydrogens (tertiary/aromatic N) is 9. The number of aliphatic hydroxyl groups is 2. The van der Waals surface area contributed by atoms with E-state index in [9.17, 15) is 70.2 Å². The topological polar surface area (TPSA) is 253 Å². The van der Waals surface area contributed by atoms with Crippen LogP contribution >= 0.6 is 15.9 Å². The highest BCUT2D eigenvalue weighted by Crippen LogP contribution is 2.34. The Bertz CT molecular complexity index is 4150. The third-order valence-corrected chi connectivity index (χ3v) is 13.1.